The monoisotopic (exact) mass is 405 g/mol. The number of Topliss-reactive ketones (excluding diaryl/α,β-unsaturated/α-hetero) is 1. The molecule has 4 rings (SSSR count). The Morgan fingerprint density at radius 1 is 1.03 bits per heavy atom. The Balaban J connectivity index is 0.00000124. The number of nitrogens with zero attached hydrogens (tertiary/aromatic N) is 2. The molecule has 4 nitrogen and oxygen atoms in total. The third-order valence-corrected chi connectivity index (χ3v) is 6.21. The van der Waals surface area contributed by atoms with Crippen LogP contribution in [0.2, 0.25) is 0 Å². The molecule has 30 heavy (non-hydrogen) atoms. The molecule has 1 aliphatic rings. The summed E-state index contributed by atoms with van der Waals surface area (Å²) in [5, 5.41) is 3.58. The van der Waals surface area contributed by atoms with Gasteiger partial charge in [-0.25, -0.2) is 4.98 Å². The van der Waals surface area contributed by atoms with Gasteiger partial charge in [-0.15, -0.1) is 0 Å². The lowest BCUT2D eigenvalue weighted by atomic mass is 9.68. The summed E-state index contributed by atoms with van der Waals surface area (Å²) in [6, 6.07) is 8.46. The Hall–Kier alpha value is -2.62. The highest BCUT2D eigenvalue weighted by Crippen LogP contribution is 2.46. The highest BCUT2D eigenvalue weighted by Gasteiger charge is 2.46. The van der Waals surface area contributed by atoms with Gasteiger partial charge in [0.15, 0.2) is 5.78 Å². The van der Waals surface area contributed by atoms with Gasteiger partial charge in [-0.2, -0.15) is 0 Å². The van der Waals surface area contributed by atoms with E-state index in [2.05, 4.69) is 60.6 Å². The Bertz CT molecular complexity index is 1090. The van der Waals surface area contributed by atoms with Crippen molar-refractivity contribution in [2.45, 2.75) is 79.2 Å². The quantitative estimate of drug-likeness (QED) is 0.564. The Morgan fingerprint density at radius 2 is 1.70 bits per heavy atom. The molecule has 0 fully saturated rings. The minimum atomic E-state index is -0.572. The number of hydrogen-bond acceptors (Lipinski definition) is 3. The number of imidazole rings is 1. The molecule has 0 saturated carbocycles. The fourth-order valence-electron chi connectivity index (χ4n) is 4.88. The fourth-order valence-corrected chi connectivity index (χ4v) is 4.88. The summed E-state index contributed by atoms with van der Waals surface area (Å²) in [4.78, 5) is 17.7. The van der Waals surface area contributed by atoms with Crippen LogP contribution < -0.4 is 5.32 Å². The van der Waals surface area contributed by atoms with Crippen molar-refractivity contribution in [3.63, 3.8) is 0 Å². The standard InChI is InChI=1S/C24H29N3O.C2H6/c1-7-15-16(8-2)21-18(23(3,4)22(28)24(5,6)26-21)14-17(15)19-10-9-11-20-25-12-13-27(19)20;1-2/h9-14,26H,7-8H2,1-6H3;1-2H3. The normalized spacial score (nSPS) is 16.5. The number of aromatic nitrogens is 2. The van der Waals surface area contributed by atoms with Gasteiger partial charge in [-0.05, 0) is 75.4 Å². The summed E-state index contributed by atoms with van der Waals surface area (Å²) < 4.78 is 2.13. The van der Waals surface area contributed by atoms with E-state index < -0.39 is 11.0 Å². The largest absolute Gasteiger partial charge is 0.373 e. The number of hydrogen-bond donors (Lipinski definition) is 1. The Kier molecular flexibility index (Phi) is 5.81. The summed E-state index contributed by atoms with van der Waals surface area (Å²) in [6.07, 6.45) is 5.70. The number of carbonyl (C=O) groups is 1. The van der Waals surface area contributed by atoms with Gasteiger partial charge in [0.2, 0.25) is 0 Å². The third kappa shape index (κ3) is 3.23. The lowest BCUT2D eigenvalue weighted by molar-refractivity contribution is -0.127. The van der Waals surface area contributed by atoms with Crippen molar-refractivity contribution in [3.05, 3.63) is 53.3 Å². The molecule has 3 aromatic rings. The van der Waals surface area contributed by atoms with Crippen LogP contribution >= 0.6 is 0 Å². The molecule has 160 valence electrons. The number of ketones is 1. The van der Waals surface area contributed by atoms with E-state index in [1.807, 2.05) is 46.2 Å². The summed E-state index contributed by atoms with van der Waals surface area (Å²) in [5.74, 6) is 0.227. The van der Waals surface area contributed by atoms with Crippen LogP contribution in [0.1, 0.15) is 72.1 Å². The smallest absolute Gasteiger partial charge is 0.167 e. The molecule has 1 N–H and O–H groups in total. The minimum absolute atomic E-state index is 0.227. The first-order chi connectivity index (χ1) is 14.2. The van der Waals surface area contributed by atoms with Gasteiger partial charge in [0.1, 0.15) is 5.65 Å². The predicted octanol–water partition coefficient (Wildman–Crippen LogP) is 6.20. The van der Waals surface area contributed by atoms with E-state index in [4.69, 9.17) is 0 Å². The van der Waals surface area contributed by atoms with Gasteiger partial charge in [0.05, 0.1) is 16.6 Å². The van der Waals surface area contributed by atoms with E-state index in [1.165, 1.54) is 16.7 Å². The van der Waals surface area contributed by atoms with E-state index in [1.54, 1.807) is 0 Å². The maximum atomic E-state index is 13.2. The van der Waals surface area contributed by atoms with E-state index >= 15 is 0 Å². The van der Waals surface area contributed by atoms with Crippen molar-refractivity contribution in [1.82, 2.24) is 9.38 Å². The molecular weight excluding hydrogens is 370 g/mol. The first-order valence-electron chi connectivity index (χ1n) is 11.2. The molecular formula is C26H35N3O. The molecule has 3 heterocycles. The van der Waals surface area contributed by atoms with Crippen LogP contribution in [0, 0.1) is 0 Å². The topological polar surface area (TPSA) is 46.4 Å². The van der Waals surface area contributed by atoms with Crippen LogP contribution in [0.4, 0.5) is 5.69 Å². The minimum Gasteiger partial charge on any atom is -0.373 e. The Morgan fingerprint density at radius 3 is 2.33 bits per heavy atom. The molecule has 0 spiro atoms. The zero-order valence-corrected chi connectivity index (χ0v) is 19.7. The number of pyridine rings is 1. The van der Waals surface area contributed by atoms with Crippen molar-refractivity contribution in [1.29, 1.82) is 0 Å². The highest BCUT2D eigenvalue weighted by molar-refractivity contribution is 6.03. The maximum Gasteiger partial charge on any atom is 0.167 e. The van der Waals surface area contributed by atoms with Crippen LogP contribution in [0.5, 0.6) is 0 Å². The van der Waals surface area contributed by atoms with Gasteiger partial charge in [-0.1, -0.05) is 33.8 Å². The van der Waals surface area contributed by atoms with Crippen LogP contribution in [0.25, 0.3) is 16.9 Å². The van der Waals surface area contributed by atoms with Crippen molar-refractivity contribution in [2.75, 3.05) is 5.32 Å². The van der Waals surface area contributed by atoms with Crippen molar-refractivity contribution in [3.8, 4) is 11.3 Å². The zero-order valence-electron chi connectivity index (χ0n) is 19.7. The average molecular weight is 406 g/mol. The molecule has 0 aliphatic carbocycles. The first-order valence-corrected chi connectivity index (χ1v) is 11.2. The number of carbonyl (C=O) groups excluding carboxylic acids is 1. The van der Waals surface area contributed by atoms with Gasteiger partial charge in [0, 0.05) is 23.6 Å². The molecule has 0 amide bonds. The lowest BCUT2D eigenvalue weighted by Gasteiger charge is -2.43. The molecule has 4 heteroatoms. The van der Waals surface area contributed by atoms with Crippen LogP contribution in [0.3, 0.4) is 0 Å². The highest BCUT2D eigenvalue weighted by atomic mass is 16.1. The number of benzene rings is 1. The summed E-state index contributed by atoms with van der Waals surface area (Å²) in [7, 11) is 0. The van der Waals surface area contributed by atoms with Crippen molar-refractivity contribution in [2.24, 2.45) is 0 Å². The number of fused-ring (bicyclic) bond motifs is 2. The summed E-state index contributed by atoms with van der Waals surface area (Å²) in [5.41, 5.74) is 7.05. The SMILES string of the molecule is CC.CCc1c(-c2cccc3nccn23)cc2c(c1CC)NC(C)(C)C(=O)C2(C)C. The van der Waals surface area contributed by atoms with E-state index in [0.717, 1.165) is 35.4 Å². The number of rotatable bonds is 3. The molecule has 0 unspecified atom stereocenters. The molecule has 1 aromatic carbocycles. The summed E-state index contributed by atoms with van der Waals surface area (Å²) >= 11 is 0. The van der Waals surface area contributed by atoms with Gasteiger partial charge < -0.3 is 5.32 Å². The lowest BCUT2D eigenvalue weighted by Crippen LogP contribution is -2.54. The number of nitrogens with one attached hydrogen (secondary N) is 1. The second-order valence-electron chi connectivity index (χ2n) is 8.78. The maximum absolute atomic E-state index is 13.2. The van der Waals surface area contributed by atoms with Crippen molar-refractivity contribution >= 4 is 17.1 Å². The molecule has 0 saturated heterocycles. The van der Waals surface area contributed by atoms with E-state index in [0.29, 0.717) is 0 Å². The molecule has 0 bridgehead atoms. The fraction of sp³-hybridized carbons (Fsp3) is 0.462. The zero-order chi connectivity index (χ0) is 22.3. The average Bonchev–Trinajstić information content (AvgIpc) is 3.21. The van der Waals surface area contributed by atoms with E-state index in [9.17, 15) is 4.79 Å². The number of anilines is 1. The predicted molar refractivity (Wildman–Crippen MR) is 126 cm³/mol. The second kappa shape index (κ2) is 7.90. The van der Waals surface area contributed by atoms with Gasteiger partial charge >= 0.3 is 0 Å². The Labute approximate surface area is 180 Å². The molecule has 0 radical (unpaired) electrons. The second-order valence-corrected chi connectivity index (χ2v) is 8.78. The summed E-state index contributed by atoms with van der Waals surface area (Å²) in [6.45, 7) is 16.5. The third-order valence-electron chi connectivity index (χ3n) is 6.21. The first kappa shape index (κ1) is 22.1. The van der Waals surface area contributed by atoms with E-state index in [-0.39, 0.29) is 5.78 Å². The van der Waals surface area contributed by atoms with Gasteiger partial charge in [0.25, 0.3) is 0 Å². The molecule has 0 atom stereocenters. The van der Waals surface area contributed by atoms with Gasteiger partial charge in [-0.3, -0.25) is 9.20 Å². The van der Waals surface area contributed by atoms with Crippen LogP contribution in [-0.4, -0.2) is 20.7 Å². The molecule has 1 aliphatic heterocycles. The van der Waals surface area contributed by atoms with Crippen molar-refractivity contribution < 1.29 is 4.79 Å². The van der Waals surface area contributed by atoms with Crippen LogP contribution in [0.15, 0.2) is 36.7 Å². The van der Waals surface area contributed by atoms with Crippen LogP contribution in [-0.2, 0) is 23.1 Å². The molecule has 2 aromatic heterocycles.